The fraction of sp³-hybridized carbons (Fsp3) is 0.375. The molecular formula is C16H21N3O2S. The molecule has 2 aromatic rings. The third kappa shape index (κ3) is 5.04. The van der Waals surface area contributed by atoms with Gasteiger partial charge in [0, 0.05) is 11.1 Å². The summed E-state index contributed by atoms with van der Waals surface area (Å²) in [6, 6.07) is 7.63. The lowest BCUT2D eigenvalue weighted by molar-refractivity contribution is 0.206. The van der Waals surface area contributed by atoms with Gasteiger partial charge >= 0.3 is 6.03 Å². The van der Waals surface area contributed by atoms with Crippen molar-refractivity contribution in [2.24, 2.45) is 0 Å². The number of aromatic nitrogens is 1. The average Bonchev–Trinajstić information content (AvgIpc) is 2.91. The van der Waals surface area contributed by atoms with Crippen LogP contribution in [0.25, 0.3) is 0 Å². The second-order valence-corrected chi connectivity index (χ2v) is 6.42. The second-order valence-electron chi connectivity index (χ2n) is 5.10. The average molecular weight is 319 g/mol. The number of urea groups is 1. The van der Waals surface area contributed by atoms with Gasteiger partial charge in [0.05, 0.1) is 18.1 Å². The fourth-order valence-electron chi connectivity index (χ4n) is 1.90. The lowest BCUT2D eigenvalue weighted by Crippen LogP contribution is -2.40. The molecule has 1 heterocycles. The van der Waals surface area contributed by atoms with Gasteiger partial charge in [-0.3, -0.25) is 0 Å². The number of carbonyl (C=O) groups excluding carboxylic acids is 1. The number of benzene rings is 1. The third-order valence-corrected chi connectivity index (χ3v) is 3.98. The maximum Gasteiger partial charge on any atom is 0.315 e. The molecule has 0 unspecified atom stereocenters. The molecule has 1 aromatic carbocycles. The summed E-state index contributed by atoms with van der Waals surface area (Å²) in [5.41, 5.74) is 1.08. The van der Waals surface area contributed by atoms with Crippen LogP contribution in [-0.2, 0) is 6.54 Å². The SMILES string of the molecule is Cc1ncc(CNC(=O)NC[C@@H](C)Oc2ccccc2C)s1. The molecule has 0 aliphatic heterocycles. The summed E-state index contributed by atoms with van der Waals surface area (Å²) in [5.74, 6) is 0.845. The van der Waals surface area contributed by atoms with E-state index in [9.17, 15) is 4.79 Å². The number of amides is 2. The standard InChI is InChI=1S/C16H21N3O2S/c1-11-6-4-5-7-15(11)21-12(2)8-18-16(20)19-10-14-9-17-13(3)22-14/h4-7,9,12H,8,10H2,1-3H3,(H2,18,19,20)/t12-/m1/s1. The molecule has 0 aliphatic carbocycles. The van der Waals surface area contributed by atoms with Crippen molar-refractivity contribution in [1.29, 1.82) is 0 Å². The molecule has 0 bridgehead atoms. The molecule has 0 radical (unpaired) electrons. The Bertz CT molecular complexity index is 627. The van der Waals surface area contributed by atoms with Crippen molar-refractivity contribution in [2.75, 3.05) is 6.54 Å². The van der Waals surface area contributed by atoms with Gasteiger partial charge in [-0.05, 0) is 32.4 Å². The van der Waals surface area contributed by atoms with E-state index in [2.05, 4.69) is 15.6 Å². The summed E-state index contributed by atoms with van der Waals surface area (Å²) in [6.07, 6.45) is 1.68. The zero-order valence-corrected chi connectivity index (χ0v) is 13.9. The van der Waals surface area contributed by atoms with E-state index in [1.54, 1.807) is 17.5 Å². The van der Waals surface area contributed by atoms with Gasteiger partial charge in [-0.2, -0.15) is 0 Å². The molecule has 2 amide bonds. The van der Waals surface area contributed by atoms with E-state index in [1.165, 1.54) is 0 Å². The van der Waals surface area contributed by atoms with E-state index >= 15 is 0 Å². The Balaban J connectivity index is 1.70. The summed E-state index contributed by atoms with van der Waals surface area (Å²) in [5, 5.41) is 6.61. The van der Waals surface area contributed by atoms with Crippen LogP contribution in [-0.4, -0.2) is 23.7 Å². The molecular weight excluding hydrogens is 298 g/mol. The topological polar surface area (TPSA) is 63.2 Å². The quantitative estimate of drug-likeness (QED) is 0.860. The summed E-state index contributed by atoms with van der Waals surface area (Å²) in [7, 11) is 0. The highest BCUT2D eigenvalue weighted by atomic mass is 32.1. The van der Waals surface area contributed by atoms with Crippen molar-refractivity contribution >= 4 is 17.4 Å². The minimum absolute atomic E-state index is 0.0995. The maximum atomic E-state index is 11.8. The lowest BCUT2D eigenvalue weighted by Gasteiger charge is -2.17. The van der Waals surface area contributed by atoms with Crippen LogP contribution in [0.4, 0.5) is 4.79 Å². The number of nitrogens with one attached hydrogen (secondary N) is 2. The van der Waals surface area contributed by atoms with Gasteiger partial charge in [0.2, 0.25) is 0 Å². The van der Waals surface area contributed by atoms with E-state index in [-0.39, 0.29) is 12.1 Å². The Morgan fingerprint density at radius 2 is 2.09 bits per heavy atom. The van der Waals surface area contributed by atoms with E-state index in [0.29, 0.717) is 13.1 Å². The molecule has 118 valence electrons. The molecule has 5 nitrogen and oxygen atoms in total. The van der Waals surface area contributed by atoms with Crippen LogP contribution in [0.2, 0.25) is 0 Å². The molecule has 2 N–H and O–H groups in total. The number of hydrogen-bond acceptors (Lipinski definition) is 4. The molecule has 6 heteroatoms. The van der Waals surface area contributed by atoms with Crippen LogP contribution >= 0.6 is 11.3 Å². The molecule has 0 spiro atoms. The first kappa shape index (κ1) is 16.3. The molecule has 0 saturated heterocycles. The van der Waals surface area contributed by atoms with Crippen LogP contribution < -0.4 is 15.4 Å². The third-order valence-electron chi connectivity index (χ3n) is 3.06. The molecule has 1 aromatic heterocycles. The van der Waals surface area contributed by atoms with Gasteiger partial charge in [0.25, 0.3) is 0 Å². The summed E-state index contributed by atoms with van der Waals surface area (Å²) >= 11 is 1.58. The van der Waals surface area contributed by atoms with Crippen LogP contribution in [0, 0.1) is 13.8 Å². The van der Waals surface area contributed by atoms with Crippen LogP contribution in [0.15, 0.2) is 30.5 Å². The predicted molar refractivity (Wildman–Crippen MR) is 88.4 cm³/mol. The Labute approximate surface area is 134 Å². The van der Waals surface area contributed by atoms with E-state index in [1.807, 2.05) is 45.0 Å². The zero-order chi connectivity index (χ0) is 15.9. The van der Waals surface area contributed by atoms with Gasteiger partial charge < -0.3 is 15.4 Å². The summed E-state index contributed by atoms with van der Waals surface area (Å²) < 4.78 is 5.81. The molecule has 22 heavy (non-hydrogen) atoms. The van der Waals surface area contributed by atoms with Crippen molar-refractivity contribution in [1.82, 2.24) is 15.6 Å². The van der Waals surface area contributed by atoms with Gasteiger partial charge in [0.15, 0.2) is 0 Å². The first-order chi connectivity index (χ1) is 10.5. The lowest BCUT2D eigenvalue weighted by atomic mass is 10.2. The second kappa shape index (κ2) is 7.79. The molecule has 2 rings (SSSR count). The Morgan fingerprint density at radius 3 is 2.77 bits per heavy atom. The Kier molecular flexibility index (Phi) is 5.77. The highest BCUT2D eigenvalue weighted by molar-refractivity contribution is 7.11. The molecule has 0 saturated carbocycles. The number of ether oxygens (including phenoxy) is 1. The van der Waals surface area contributed by atoms with Crippen molar-refractivity contribution < 1.29 is 9.53 Å². The number of carbonyl (C=O) groups is 1. The van der Waals surface area contributed by atoms with Crippen LogP contribution in [0.3, 0.4) is 0 Å². The van der Waals surface area contributed by atoms with Crippen LogP contribution in [0.1, 0.15) is 22.4 Å². The van der Waals surface area contributed by atoms with Crippen molar-refractivity contribution in [3.8, 4) is 5.75 Å². The van der Waals surface area contributed by atoms with E-state index in [4.69, 9.17) is 4.74 Å². The maximum absolute atomic E-state index is 11.8. The highest BCUT2D eigenvalue weighted by Gasteiger charge is 2.08. The summed E-state index contributed by atoms with van der Waals surface area (Å²) in [6.45, 7) is 6.81. The number of rotatable bonds is 6. The normalized spacial score (nSPS) is 11.8. The van der Waals surface area contributed by atoms with Crippen LogP contribution in [0.5, 0.6) is 5.75 Å². The number of thiazole rings is 1. The number of hydrogen-bond donors (Lipinski definition) is 2. The first-order valence-electron chi connectivity index (χ1n) is 7.20. The fourth-order valence-corrected chi connectivity index (χ4v) is 2.64. The summed E-state index contributed by atoms with van der Waals surface area (Å²) in [4.78, 5) is 16.9. The molecule has 1 atom stereocenters. The van der Waals surface area contributed by atoms with Gasteiger partial charge in [-0.1, -0.05) is 18.2 Å². The van der Waals surface area contributed by atoms with E-state index < -0.39 is 0 Å². The van der Waals surface area contributed by atoms with Crippen molar-refractivity contribution in [2.45, 2.75) is 33.4 Å². The minimum Gasteiger partial charge on any atom is -0.489 e. The minimum atomic E-state index is -0.203. The largest absolute Gasteiger partial charge is 0.489 e. The number of aryl methyl sites for hydroxylation is 2. The van der Waals surface area contributed by atoms with Gasteiger partial charge in [0.1, 0.15) is 11.9 Å². The Morgan fingerprint density at radius 1 is 1.32 bits per heavy atom. The predicted octanol–water partition coefficient (Wildman–Crippen LogP) is 3.03. The number of para-hydroxylation sites is 1. The van der Waals surface area contributed by atoms with Crippen molar-refractivity contribution in [3.05, 3.63) is 45.9 Å². The zero-order valence-electron chi connectivity index (χ0n) is 13.1. The van der Waals surface area contributed by atoms with E-state index in [0.717, 1.165) is 21.2 Å². The first-order valence-corrected chi connectivity index (χ1v) is 8.01. The molecule has 0 fully saturated rings. The monoisotopic (exact) mass is 319 g/mol. The van der Waals surface area contributed by atoms with Gasteiger partial charge in [-0.15, -0.1) is 11.3 Å². The highest BCUT2D eigenvalue weighted by Crippen LogP contribution is 2.17. The Hall–Kier alpha value is -2.08. The molecule has 0 aliphatic rings. The van der Waals surface area contributed by atoms with Crippen molar-refractivity contribution in [3.63, 3.8) is 0 Å². The van der Waals surface area contributed by atoms with Gasteiger partial charge in [-0.25, -0.2) is 9.78 Å². The number of nitrogens with zero attached hydrogens (tertiary/aromatic N) is 1. The smallest absolute Gasteiger partial charge is 0.315 e.